The summed E-state index contributed by atoms with van der Waals surface area (Å²) in [6.45, 7) is 3.56. The van der Waals surface area contributed by atoms with Crippen LogP contribution < -0.4 is 0 Å². The van der Waals surface area contributed by atoms with Crippen molar-refractivity contribution < 1.29 is 13.5 Å². The highest BCUT2D eigenvalue weighted by atomic mass is 19.1. The number of para-hydroxylation sites is 1. The van der Waals surface area contributed by atoms with E-state index in [0.717, 1.165) is 81.2 Å². The largest absolute Gasteiger partial charge is 0.455 e. The van der Waals surface area contributed by atoms with Gasteiger partial charge in [-0.1, -0.05) is 18.2 Å². The molecule has 0 saturated carbocycles. The number of aromatic nitrogens is 1. The summed E-state index contributed by atoms with van der Waals surface area (Å²) in [6, 6.07) is 17.4. The molecule has 3 nitrogen and oxygen atoms in total. The van der Waals surface area contributed by atoms with Crippen molar-refractivity contribution in [1.82, 2.24) is 4.98 Å². The highest BCUT2D eigenvalue weighted by molar-refractivity contribution is 6.12. The minimum Gasteiger partial charge on any atom is -0.455 e. The molecule has 6 rings (SSSR count). The fraction of sp³-hybridized carbons (Fsp3) is 0.222. The zero-order chi connectivity index (χ0) is 20.9. The predicted molar refractivity (Wildman–Crippen MR) is 122 cm³/mol. The van der Waals surface area contributed by atoms with E-state index in [2.05, 4.69) is 25.1 Å². The molecule has 0 unspecified atom stereocenters. The highest BCUT2D eigenvalue weighted by Crippen LogP contribution is 2.41. The molecule has 0 N–H and O–H groups in total. The summed E-state index contributed by atoms with van der Waals surface area (Å²) in [7, 11) is 0. The maximum absolute atomic E-state index is 14.3. The van der Waals surface area contributed by atoms with Gasteiger partial charge in [0.1, 0.15) is 17.0 Å². The fourth-order valence-corrected chi connectivity index (χ4v) is 4.93. The SMILES string of the molecule is Cc1cc(-c2ncc(C3CCOCC3)c3cc(F)ccc23)c2oc3ccccc3c2c1. The summed E-state index contributed by atoms with van der Waals surface area (Å²) in [5.41, 5.74) is 5.71. The van der Waals surface area contributed by atoms with Gasteiger partial charge in [0.15, 0.2) is 0 Å². The molecule has 0 amide bonds. The molecular formula is C27H22FNO2. The highest BCUT2D eigenvalue weighted by Gasteiger charge is 2.22. The van der Waals surface area contributed by atoms with Crippen LogP contribution >= 0.6 is 0 Å². The number of nitrogens with zero attached hydrogens (tertiary/aromatic N) is 1. The second kappa shape index (κ2) is 7.17. The molecule has 1 aliphatic rings. The van der Waals surface area contributed by atoms with Crippen LogP contribution in [-0.2, 0) is 4.74 Å². The number of fused-ring (bicyclic) bond motifs is 4. The van der Waals surface area contributed by atoms with E-state index in [9.17, 15) is 4.39 Å². The molecule has 0 radical (unpaired) electrons. The number of ether oxygens (including phenoxy) is 1. The maximum atomic E-state index is 14.3. The lowest BCUT2D eigenvalue weighted by Crippen LogP contribution is -2.14. The Bertz CT molecular complexity index is 1450. The maximum Gasteiger partial charge on any atom is 0.144 e. The van der Waals surface area contributed by atoms with Crippen LogP contribution in [0.4, 0.5) is 4.39 Å². The van der Waals surface area contributed by atoms with Crippen molar-refractivity contribution in [1.29, 1.82) is 0 Å². The van der Waals surface area contributed by atoms with Crippen LogP contribution in [0.1, 0.15) is 29.9 Å². The van der Waals surface area contributed by atoms with Gasteiger partial charge >= 0.3 is 0 Å². The van der Waals surface area contributed by atoms with Gasteiger partial charge in [0.05, 0.1) is 5.69 Å². The number of aryl methyl sites for hydroxylation is 1. The molecule has 3 aromatic carbocycles. The summed E-state index contributed by atoms with van der Waals surface area (Å²) < 4.78 is 26.1. The van der Waals surface area contributed by atoms with Gasteiger partial charge in [0, 0.05) is 41.1 Å². The first-order valence-corrected chi connectivity index (χ1v) is 10.8. The average molecular weight is 411 g/mol. The van der Waals surface area contributed by atoms with Crippen molar-refractivity contribution in [3.63, 3.8) is 0 Å². The molecule has 3 heterocycles. The first-order valence-electron chi connectivity index (χ1n) is 10.8. The predicted octanol–water partition coefficient (Wildman–Crippen LogP) is 7.14. The second-order valence-corrected chi connectivity index (χ2v) is 8.43. The standard InChI is InChI=1S/C27H22FNO2/c1-16-12-22-19-4-2-3-5-25(19)31-27(22)23(13-16)26-20-7-6-18(28)14-21(20)24(15-29-26)17-8-10-30-11-9-17/h2-7,12-15,17H,8-11H2,1H3. The van der Waals surface area contributed by atoms with Crippen molar-refractivity contribution in [2.75, 3.05) is 13.2 Å². The van der Waals surface area contributed by atoms with Gasteiger partial charge in [-0.25, -0.2) is 4.39 Å². The molecule has 0 aliphatic carbocycles. The van der Waals surface area contributed by atoms with Gasteiger partial charge in [0.25, 0.3) is 0 Å². The first kappa shape index (κ1) is 18.5. The Labute approximate surface area is 179 Å². The topological polar surface area (TPSA) is 35.3 Å². The van der Waals surface area contributed by atoms with E-state index in [4.69, 9.17) is 14.1 Å². The van der Waals surface area contributed by atoms with Crippen LogP contribution in [0.3, 0.4) is 0 Å². The number of furan rings is 1. The zero-order valence-corrected chi connectivity index (χ0v) is 17.3. The van der Waals surface area contributed by atoms with Crippen LogP contribution in [0, 0.1) is 12.7 Å². The lowest BCUT2D eigenvalue weighted by atomic mass is 9.88. The van der Waals surface area contributed by atoms with Crippen molar-refractivity contribution in [3.8, 4) is 11.3 Å². The van der Waals surface area contributed by atoms with Gasteiger partial charge in [-0.2, -0.15) is 0 Å². The Hall–Kier alpha value is -3.24. The van der Waals surface area contributed by atoms with Crippen LogP contribution in [0.5, 0.6) is 0 Å². The molecule has 1 saturated heterocycles. The molecule has 0 atom stereocenters. The molecule has 0 spiro atoms. The smallest absolute Gasteiger partial charge is 0.144 e. The molecule has 4 heteroatoms. The fourth-order valence-electron chi connectivity index (χ4n) is 4.93. The minimum absolute atomic E-state index is 0.226. The zero-order valence-electron chi connectivity index (χ0n) is 17.3. The average Bonchev–Trinajstić information content (AvgIpc) is 3.17. The third-order valence-electron chi connectivity index (χ3n) is 6.42. The monoisotopic (exact) mass is 411 g/mol. The number of rotatable bonds is 2. The minimum atomic E-state index is -0.226. The Morgan fingerprint density at radius 3 is 2.61 bits per heavy atom. The van der Waals surface area contributed by atoms with Crippen LogP contribution in [0.2, 0.25) is 0 Å². The van der Waals surface area contributed by atoms with Gasteiger partial charge < -0.3 is 9.15 Å². The Morgan fingerprint density at radius 2 is 1.74 bits per heavy atom. The Morgan fingerprint density at radius 1 is 0.903 bits per heavy atom. The molecule has 1 aliphatic heterocycles. The first-order chi connectivity index (χ1) is 15.2. The second-order valence-electron chi connectivity index (χ2n) is 8.43. The van der Waals surface area contributed by atoms with E-state index < -0.39 is 0 Å². The Kier molecular flexibility index (Phi) is 4.29. The van der Waals surface area contributed by atoms with Crippen molar-refractivity contribution >= 4 is 32.7 Å². The molecule has 0 bridgehead atoms. The third kappa shape index (κ3) is 3.02. The van der Waals surface area contributed by atoms with E-state index >= 15 is 0 Å². The molecule has 2 aromatic heterocycles. The van der Waals surface area contributed by atoms with E-state index in [1.807, 2.05) is 30.5 Å². The van der Waals surface area contributed by atoms with E-state index in [1.54, 1.807) is 6.07 Å². The number of halogens is 1. The van der Waals surface area contributed by atoms with Gasteiger partial charge in [-0.15, -0.1) is 0 Å². The lowest BCUT2D eigenvalue weighted by molar-refractivity contribution is 0.0855. The normalized spacial score (nSPS) is 15.3. The van der Waals surface area contributed by atoms with Crippen LogP contribution in [0.15, 0.2) is 65.2 Å². The summed E-state index contributed by atoms with van der Waals surface area (Å²) in [6.07, 6.45) is 3.81. The van der Waals surface area contributed by atoms with E-state index in [0.29, 0.717) is 5.92 Å². The van der Waals surface area contributed by atoms with Crippen molar-refractivity contribution in [2.24, 2.45) is 0 Å². The number of pyridine rings is 1. The van der Waals surface area contributed by atoms with Gasteiger partial charge in [-0.3, -0.25) is 4.98 Å². The molecule has 1 fully saturated rings. The quantitative estimate of drug-likeness (QED) is 0.310. The summed E-state index contributed by atoms with van der Waals surface area (Å²) in [4.78, 5) is 4.92. The summed E-state index contributed by atoms with van der Waals surface area (Å²) >= 11 is 0. The van der Waals surface area contributed by atoms with Gasteiger partial charge in [-0.05, 0) is 78.6 Å². The number of hydrogen-bond donors (Lipinski definition) is 0. The molecule has 31 heavy (non-hydrogen) atoms. The third-order valence-corrected chi connectivity index (χ3v) is 6.42. The van der Waals surface area contributed by atoms with Crippen LogP contribution in [0.25, 0.3) is 44.0 Å². The van der Waals surface area contributed by atoms with E-state index in [-0.39, 0.29) is 5.82 Å². The van der Waals surface area contributed by atoms with E-state index in [1.165, 1.54) is 6.07 Å². The molecular weight excluding hydrogens is 389 g/mol. The van der Waals surface area contributed by atoms with Crippen molar-refractivity contribution in [3.05, 3.63) is 77.7 Å². The molecule has 154 valence electrons. The van der Waals surface area contributed by atoms with Crippen molar-refractivity contribution in [2.45, 2.75) is 25.7 Å². The summed E-state index contributed by atoms with van der Waals surface area (Å²) in [5.74, 6) is 0.111. The number of hydrogen-bond acceptors (Lipinski definition) is 3. The van der Waals surface area contributed by atoms with Gasteiger partial charge in [0.2, 0.25) is 0 Å². The van der Waals surface area contributed by atoms with Crippen LogP contribution in [-0.4, -0.2) is 18.2 Å². The molecule has 5 aromatic rings. The Balaban J connectivity index is 1.64. The number of benzene rings is 3. The summed E-state index contributed by atoms with van der Waals surface area (Å²) in [5, 5.41) is 4.06. The lowest BCUT2D eigenvalue weighted by Gasteiger charge is -2.24.